The number of sulfone groups is 1. The first kappa shape index (κ1) is 15.6. The van der Waals surface area contributed by atoms with Gasteiger partial charge in [0.2, 0.25) is 0 Å². The molecular weight excluding hydrogens is 362 g/mol. The Morgan fingerprint density at radius 2 is 2.10 bits per heavy atom. The van der Waals surface area contributed by atoms with Crippen molar-refractivity contribution in [1.29, 1.82) is 0 Å². The van der Waals surface area contributed by atoms with Crippen LogP contribution in [0.4, 0.5) is 0 Å². The molecule has 6 nitrogen and oxygen atoms in total. The van der Waals surface area contributed by atoms with E-state index in [1.54, 1.807) is 24.4 Å². The zero-order valence-electron chi connectivity index (χ0n) is 10.9. The number of hydrogen-bond donors (Lipinski definition) is 2. The molecule has 0 radical (unpaired) electrons. The number of benzene rings is 1. The highest BCUT2D eigenvalue weighted by Gasteiger charge is 2.28. The lowest BCUT2D eigenvalue weighted by molar-refractivity contribution is 0.0696. The summed E-state index contributed by atoms with van der Waals surface area (Å²) in [7, 11) is -3.65. The Labute approximate surface area is 130 Å². The number of aromatic carboxylic acids is 1. The molecule has 1 aliphatic heterocycles. The van der Waals surface area contributed by atoms with E-state index in [9.17, 15) is 13.2 Å². The van der Waals surface area contributed by atoms with Gasteiger partial charge in [0.05, 0.1) is 5.56 Å². The van der Waals surface area contributed by atoms with E-state index in [0.717, 1.165) is 12.3 Å². The molecule has 2 N–H and O–H groups in total. The Kier molecular flexibility index (Phi) is 4.11. The third-order valence-electron chi connectivity index (χ3n) is 2.65. The SMILES string of the molecule is CS(=O)(=O)c1cc(C(=O)O)ccc1OC1(Br)C=CC=CN1. The van der Waals surface area contributed by atoms with Crippen molar-refractivity contribution in [1.82, 2.24) is 5.32 Å². The van der Waals surface area contributed by atoms with Crippen LogP contribution >= 0.6 is 15.9 Å². The third kappa shape index (κ3) is 3.64. The van der Waals surface area contributed by atoms with E-state index >= 15 is 0 Å². The molecule has 1 heterocycles. The molecule has 1 aromatic carbocycles. The Hall–Kier alpha value is -1.80. The smallest absolute Gasteiger partial charge is 0.335 e. The lowest BCUT2D eigenvalue weighted by Gasteiger charge is -2.28. The van der Waals surface area contributed by atoms with Crippen LogP contribution in [-0.2, 0) is 9.84 Å². The summed E-state index contributed by atoms with van der Waals surface area (Å²) in [6, 6.07) is 3.67. The van der Waals surface area contributed by atoms with Crippen LogP contribution in [0.3, 0.4) is 0 Å². The molecule has 0 saturated carbocycles. The van der Waals surface area contributed by atoms with Crippen molar-refractivity contribution in [2.75, 3.05) is 6.26 Å². The summed E-state index contributed by atoms with van der Waals surface area (Å²) in [4.78, 5) is 10.8. The van der Waals surface area contributed by atoms with E-state index in [-0.39, 0.29) is 16.2 Å². The maximum Gasteiger partial charge on any atom is 0.335 e. The summed E-state index contributed by atoms with van der Waals surface area (Å²) in [6.45, 7) is 0. The van der Waals surface area contributed by atoms with Crippen LogP contribution in [0, 0.1) is 0 Å². The van der Waals surface area contributed by atoms with Crippen LogP contribution < -0.4 is 10.1 Å². The van der Waals surface area contributed by atoms with Gasteiger partial charge in [-0.3, -0.25) is 0 Å². The first-order valence-corrected chi connectivity index (χ1v) is 8.47. The van der Waals surface area contributed by atoms with Crippen molar-refractivity contribution in [3.8, 4) is 5.75 Å². The highest BCUT2D eigenvalue weighted by Crippen LogP contribution is 2.31. The summed E-state index contributed by atoms with van der Waals surface area (Å²) >= 11 is 3.30. The van der Waals surface area contributed by atoms with Crippen molar-refractivity contribution in [2.24, 2.45) is 0 Å². The molecule has 0 bridgehead atoms. The van der Waals surface area contributed by atoms with Gasteiger partial charge in [0.1, 0.15) is 10.6 Å². The van der Waals surface area contributed by atoms with Gasteiger partial charge in [0, 0.05) is 12.5 Å². The van der Waals surface area contributed by atoms with E-state index in [4.69, 9.17) is 9.84 Å². The van der Waals surface area contributed by atoms with Gasteiger partial charge in [-0.15, -0.1) is 0 Å². The molecule has 1 aromatic rings. The van der Waals surface area contributed by atoms with Crippen LogP contribution in [0.1, 0.15) is 10.4 Å². The van der Waals surface area contributed by atoms with Gasteiger partial charge in [0.25, 0.3) is 4.63 Å². The summed E-state index contributed by atoms with van der Waals surface area (Å²) in [5.74, 6) is -1.16. The summed E-state index contributed by atoms with van der Waals surface area (Å²) in [5, 5.41) is 11.8. The molecule has 112 valence electrons. The molecule has 0 fully saturated rings. The molecule has 0 saturated heterocycles. The van der Waals surface area contributed by atoms with Gasteiger partial charge in [-0.05, 0) is 46.3 Å². The highest BCUT2D eigenvalue weighted by atomic mass is 79.9. The Bertz CT molecular complexity index is 741. The van der Waals surface area contributed by atoms with Crippen LogP contribution in [-0.4, -0.2) is 30.4 Å². The van der Waals surface area contributed by atoms with Crippen molar-refractivity contribution in [2.45, 2.75) is 9.53 Å². The number of carboxylic acids is 1. The maximum absolute atomic E-state index is 11.8. The predicted molar refractivity (Wildman–Crippen MR) is 80.2 cm³/mol. The number of allylic oxidation sites excluding steroid dienone is 2. The van der Waals surface area contributed by atoms with E-state index in [0.29, 0.717) is 0 Å². The topological polar surface area (TPSA) is 92.7 Å². The van der Waals surface area contributed by atoms with Gasteiger partial charge in [-0.25, -0.2) is 13.2 Å². The van der Waals surface area contributed by atoms with Gasteiger partial charge in [-0.1, -0.05) is 6.08 Å². The Balaban J connectivity index is 2.46. The van der Waals surface area contributed by atoms with Gasteiger partial charge < -0.3 is 15.2 Å². The fraction of sp³-hybridized carbons (Fsp3) is 0.154. The molecule has 1 atom stereocenters. The number of carbonyl (C=O) groups is 1. The molecular formula is C13H12BrNO5S. The van der Waals surface area contributed by atoms with Crippen molar-refractivity contribution in [3.05, 3.63) is 48.2 Å². The standard InChI is InChI=1S/C13H12BrNO5S/c1-21(18,19)11-8-9(12(16)17)4-5-10(11)20-13(14)6-2-3-7-15-13/h2-8,15H,1H3,(H,16,17). The lowest BCUT2D eigenvalue weighted by atomic mass is 10.2. The van der Waals surface area contributed by atoms with Gasteiger partial charge >= 0.3 is 5.97 Å². The fourth-order valence-electron chi connectivity index (χ4n) is 1.68. The molecule has 2 rings (SSSR count). The summed E-state index contributed by atoms with van der Waals surface area (Å²) < 4.78 is 28.2. The highest BCUT2D eigenvalue weighted by molar-refractivity contribution is 9.10. The fourth-order valence-corrected chi connectivity index (χ4v) is 2.96. The Morgan fingerprint density at radius 1 is 1.38 bits per heavy atom. The minimum atomic E-state index is -3.65. The number of nitrogens with one attached hydrogen (secondary N) is 1. The van der Waals surface area contributed by atoms with Gasteiger partial charge in [-0.2, -0.15) is 0 Å². The number of carboxylic acid groups (broad SMARTS) is 1. The average molecular weight is 374 g/mol. The van der Waals surface area contributed by atoms with Crippen molar-refractivity contribution >= 4 is 31.7 Å². The van der Waals surface area contributed by atoms with Crippen LogP contribution in [0.25, 0.3) is 0 Å². The van der Waals surface area contributed by atoms with Crippen molar-refractivity contribution in [3.63, 3.8) is 0 Å². The van der Waals surface area contributed by atoms with E-state index in [1.807, 2.05) is 0 Å². The van der Waals surface area contributed by atoms with Gasteiger partial charge in [0.15, 0.2) is 9.84 Å². The van der Waals surface area contributed by atoms with E-state index in [1.165, 1.54) is 12.1 Å². The largest absolute Gasteiger partial charge is 0.478 e. The zero-order chi connectivity index (χ0) is 15.7. The molecule has 1 unspecified atom stereocenters. The minimum Gasteiger partial charge on any atom is -0.478 e. The van der Waals surface area contributed by atoms with Crippen LogP contribution in [0.5, 0.6) is 5.75 Å². The Morgan fingerprint density at radius 3 is 2.62 bits per heavy atom. The second-order valence-electron chi connectivity index (χ2n) is 4.35. The second-order valence-corrected chi connectivity index (χ2v) is 7.51. The molecule has 0 aromatic heterocycles. The number of dihydropyridines is 1. The quantitative estimate of drug-likeness (QED) is 0.618. The molecule has 1 aliphatic rings. The lowest BCUT2D eigenvalue weighted by Crippen LogP contribution is -2.41. The van der Waals surface area contributed by atoms with Crippen LogP contribution in [0.2, 0.25) is 0 Å². The number of ether oxygens (including phenoxy) is 1. The van der Waals surface area contributed by atoms with Crippen molar-refractivity contribution < 1.29 is 23.1 Å². The number of rotatable bonds is 4. The molecule has 8 heteroatoms. The molecule has 0 spiro atoms. The first-order valence-electron chi connectivity index (χ1n) is 5.79. The average Bonchev–Trinajstić information content (AvgIpc) is 2.38. The molecule has 0 aliphatic carbocycles. The minimum absolute atomic E-state index is 0.0480. The number of hydrogen-bond acceptors (Lipinski definition) is 5. The maximum atomic E-state index is 11.8. The van der Waals surface area contributed by atoms with E-state index in [2.05, 4.69) is 21.2 Å². The number of alkyl halides is 1. The number of halogens is 1. The van der Waals surface area contributed by atoms with E-state index < -0.39 is 20.4 Å². The summed E-state index contributed by atoms with van der Waals surface area (Å²) in [5.41, 5.74) is -0.126. The summed E-state index contributed by atoms with van der Waals surface area (Å²) in [6.07, 6.45) is 7.72. The predicted octanol–water partition coefficient (Wildman–Crippen LogP) is 1.89. The first-order chi connectivity index (χ1) is 9.71. The third-order valence-corrected chi connectivity index (χ3v) is 4.42. The molecule has 21 heavy (non-hydrogen) atoms. The normalized spacial score (nSPS) is 20.9. The zero-order valence-corrected chi connectivity index (χ0v) is 13.3. The second kappa shape index (κ2) is 5.53. The monoisotopic (exact) mass is 373 g/mol. The molecule has 0 amide bonds. The van der Waals surface area contributed by atoms with Crippen LogP contribution in [0.15, 0.2) is 47.5 Å².